The fourth-order valence-corrected chi connectivity index (χ4v) is 1.49. The summed E-state index contributed by atoms with van der Waals surface area (Å²) < 4.78 is 53.1. The van der Waals surface area contributed by atoms with Gasteiger partial charge in [0.25, 0.3) is 0 Å². The Morgan fingerprint density at radius 1 is 1.25 bits per heavy atom. The molecule has 1 aromatic rings. The van der Waals surface area contributed by atoms with Gasteiger partial charge in [-0.3, -0.25) is 5.41 Å². The molecule has 112 valence electrons. The van der Waals surface area contributed by atoms with E-state index in [-0.39, 0.29) is 17.2 Å². The highest BCUT2D eigenvalue weighted by Crippen LogP contribution is 2.38. The average molecular weight is 292 g/mol. The van der Waals surface area contributed by atoms with Crippen LogP contribution in [0.2, 0.25) is 0 Å². The normalized spacial score (nSPS) is 12.7. The van der Waals surface area contributed by atoms with E-state index in [2.05, 4.69) is 0 Å². The fraction of sp³-hybridized carbons (Fsp3) is 0.417. The lowest BCUT2D eigenvalue weighted by molar-refractivity contribution is -0.162. The van der Waals surface area contributed by atoms with Crippen LogP contribution in [0.15, 0.2) is 18.2 Å². The van der Waals surface area contributed by atoms with Gasteiger partial charge in [-0.15, -0.1) is 0 Å². The summed E-state index contributed by atoms with van der Waals surface area (Å²) in [5, 5.41) is 6.99. The predicted molar refractivity (Wildman–Crippen MR) is 66.5 cm³/mol. The number of benzene rings is 1. The number of halogens is 3. The number of hydrogen-bond acceptors (Lipinski definition) is 4. The van der Waals surface area contributed by atoms with E-state index >= 15 is 0 Å². The number of alkyl halides is 3. The molecule has 8 heteroatoms. The molecule has 20 heavy (non-hydrogen) atoms. The largest absolute Gasteiger partial charge is 0.493 e. The van der Waals surface area contributed by atoms with Gasteiger partial charge in [-0.05, 0) is 12.1 Å². The first-order valence-electron chi connectivity index (χ1n) is 5.55. The van der Waals surface area contributed by atoms with Gasteiger partial charge in [-0.25, -0.2) is 0 Å². The summed E-state index contributed by atoms with van der Waals surface area (Å²) in [6.45, 7) is -0.824. The molecule has 1 atom stereocenters. The molecule has 0 heterocycles. The molecular weight excluding hydrogens is 277 g/mol. The molecule has 0 bridgehead atoms. The zero-order valence-electron chi connectivity index (χ0n) is 11.0. The summed E-state index contributed by atoms with van der Waals surface area (Å²) in [6.07, 6.45) is -4.65. The van der Waals surface area contributed by atoms with E-state index in [9.17, 15) is 13.2 Å². The van der Waals surface area contributed by atoms with Crippen molar-refractivity contribution in [1.29, 1.82) is 5.41 Å². The SMILES string of the molecule is COc1cccc(OC)c1OCC(C(=N)N)C(F)(F)F. The van der Waals surface area contributed by atoms with Crippen LogP contribution in [0, 0.1) is 11.3 Å². The smallest absolute Gasteiger partial charge is 0.401 e. The van der Waals surface area contributed by atoms with E-state index in [1.165, 1.54) is 26.4 Å². The van der Waals surface area contributed by atoms with E-state index in [4.69, 9.17) is 25.4 Å². The van der Waals surface area contributed by atoms with E-state index < -0.39 is 24.5 Å². The first kappa shape index (κ1) is 15.9. The van der Waals surface area contributed by atoms with Crippen molar-refractivity contribution in [3.63, 3.8) is 0 Å². The number of amidine groups is 1. The molecule has 1 rings (SSSR count). The highest BCUT2D eigenvalue weighted by molar-refractivity contribution is 5.80. The molecule has 0 fully saturated rings. The molecule has 1 aromatic carbocycles. The second kappa shape index (κ2) is 6.36. The number of methoxy groups -OCH3 is 2. The third-order valence-electron chi connectivity index (χ3n) is 2.55. The van der Waals surface area contributed by atoms with Gasteiger partial charge in [0.15, 0.2) is 11.5 Å². The summed E-state index contributed by atoms with van der Waals surface area (Å²) in [4.78, 5) is 0. The molecule has 0 saturated heterocycles. The number of para-hydroxylation sites is 1. The van der Waals surface area contributed by atoms with Gasteiger partial charge in [-0.2, -0.15) is 13.2 Å². The molecule has 0 spiro atoms. The van der Waals surface area contributed by atoms with Crippen molar-refractivity contribution in [2.75, 3.05) is 20.8 Å². The van der Waals surface area contributed by atoms with Crippen LogP contribution in [-0.2, 0) is 0 Å². The van der Waals surface area contributed by atoms with Crippen molar-refractivity contribution < 1.29 is 27.4 Å². The Labute approximate surface area is 113 Å². The highest BCUT2D eigenvalue weighted by Gasteiger charge is 2.42. The molecule has 0 aromatic heterocycles. The molecule has 0 aliphatic carbocycles. The minimum Gasteiger partial charge on any atom is -0.493 e. The highest BCUT2D eigenvalue weighted by atomic mass is 19.4. The van der Waals surface area contributed by atoms with Gasteiger partial charge in [0.2, 0.25) is 5.75 Å². The molecule has 0 amide bonds. The van der Waals surface area contributed by atoms with Crippen LogP contribution >= 0.6 is 0 Å². The predicted octanol–water partition coefficient (Wildman–Crippen LogP) is 2.20. The molecule has 5 nitrogen and oxygen atoms in total. The Morgan fingerprint density at radius 3 is 2.10 bits per heavy atom. The second-order valence-electron chi connectivity index (χ2n) is 3.85. The van der Waals surface area contributed by atoms with Crippen molar-refractivity contribution in [1.82, 2.24) is 0 Å². The summed E-state index contributed by atoms with van der Waals surface area (Å²) in [7, 11) is 2.71. The number of hydrogen-bond donors (Lipinski definition) is 2. The van der Waals surface area contributed by atoms with E-state index in [0.29, 0.717) is 0 Å². The van der Waals surface area contributed by atoms with Crippen molar-refractivity contribution in [3.8, 4) is 17.2 Å². The number of nitrogens with two attached hydrogens (primary N) is 1. The van der Waals surface area contributed by atoms with Crippen LogP contribution in [0.1, 0.15) is 0 Å². The molecule has 0 aliphatic heterocycles. The van der Waals surface area contributed by atoms with Gasteiger partial charge in [0.05, 0.1) is 14.2 Å². The van der Waals surface area contributed by atoms with Crippen molar-refractivity contribution >= 4 is 5.84 Å². The van der Waals surface area contributed by atoms with Crippen LogP contribution in [-0.4, -0.2) is 32.8 Å². The molecule has 0 saturated carbocycles. The van der Waals surface area contributed by atoms with Crippen LogP contribution in [0.5, 0.6) is 17.2 Å². The van der Waals surface area contributed by atoms with Crippen molar-refractivity contribution in [3.05, 3.63) is 18.2 Å². The van der Waals surface area contributed by atoms with Gasteiger partial charge in [-0.1, -0.05) is 6.07 Å². The molecule has 0 radical (unpaired) electrons. The Balaban J connectivity index is 2.96. The zero-order valence-corrected chi connectivity index (χ0v) is 11.0. The first-order valence-corrected chi connectivity index (χ1v) is 5.55. The zero-order chi connectivity index (χ0) is 15.3. The van der Waals surface area contributed by atoms with Crippen LogP contribution in [0.25, 0.3) is 0 Å². The Kier molecular flexibility index (Phi) is 5.06. The summed E-state index contributed by atoms with van der Waals surface area (Å²) in [5.41, 5.74) is 4.95. The summed E-state index contributed by atoms with van der Waals surface area (Å²) in [6, 6.07) is 4.65. The lowest BCUT2D eigenvalue weighted by atomic mass is 10.1. The van der Waals surface area contributed by atoms with E-state index in [1.807, 2.05) is 0 Å². The third-order valence-corrected chi connectivity index (χ3v) is 2.55. The third kappa shape index (κ3) is 3.69. The maximum Gasteiger partial charge on any atom is 0.401 e. The van der Waals surface area contributed by atoms with Gasteiger partial charge in [0.1, 0.15) is 18.4 Å². The molecule has 1 unspecified atom stereocenters. The molecular formula is C12H15F3N2O3. The lowest BCUT2D eigenvalue weighted by Gasteiger charge is -2.21. The van der Waals surface area contributed by atoms with Gasteiger partial charge in [0, 0.05) is 0 Å². The van der Waals surface area contributed by atoms with Gasteiger partial charge < -0.3 is 19.9 Å². The van der Waals surface area contributed by atoms with E-state index in [1.54, 1.807) is 6.07 Å². The number of rotatable bonds is 6. The second-order valence-corrected chi connectivity index (χ2v) is 3.85. The molecule has 0 aliphatic rings. The Bertz CT molecular complexity index is 455. The quantitative estimate of drug-likeness (QED) is 0.622. The number of nitrogens with one attached hydrogen (secondary N) is 1. The number of ether oxygens (including phenoxy) is 3. The van der Waals surface area contributed by atoms with Crippen LogP contribution in [0.3, 0.4) is 0 Å². The topological polar surface area (TPSA) is 77.6 Å². The van der Waals surface area contributed by atoms with E-state index in [0.717, 1.165) is 0 Å². The standard InChI is InChI=1S/C12H15F3N2O3/c1-18-8-4-3-5-9(19-2)10(8)20-6-7(11(16)17)12(13,14)15/h3-5,7H,6H2,1-2H3,(H3,16,17). The summed E-state index contributed by atoms with van der Waals surface area (Å²) in [5.74, 6) is -2.70. The minimum absolute atomic E-state index is 0.0352. The first-order chi connectivity index (χ1) is 9.31. The lowest BCUT2D eigenvalue weighted by Crippen LogP contribution is -2.39. The monoisotopic (exact) mass is 292 g/mol. The Hall–Kier alpha value is -2.12. The van der Waals surface area contributed by atoms with Crippen molar-refractivity contribution in [2.45, 2.75) is 6.18 Å². The maximum absolute atomic E-state index is 12.7. The van der Waals surface area contributed by atoms with Crippen molar-refractivity contribution in [2.24, 2.45) is 11.7 Å². The van der Waals surface area contributed by atoms with Gasteiger partial charge >= 0.3 is 6.18 Å². The maximum atomic E-state index is 12.7. The minimum atomic E-state index is -4.65. The molecule has 3 N–H and O–H groups in total. The Morgan fingerprint density at radius 2 is 1.75 bits per heavy atom. The fourth-order valence-electron chi connectivity index (χ4n) is 1.49. The average Bonchev–Trinajstić information content (AvgIpc) is 2.36. The summed E-state index contributed by atoms with van der Waals surface area (Å²) >= 11 is 0. The van der Waals surface area contributed by atoms with Crippen LogP contribution < -0.4 is 19.9 Å². The van der Waals surface area contributed by atoms with Crippen LogP contribution in [0.4, 0.5) is 13.2 Å².